The molecular weight excluding hydrogens is 232 g/mol. The number of hydrogen-bond donors (Lipinski definition) is 4. The van der Waals surface area contributed by atoms with Gasteiger partial charge < -0.3 is 21.1 Å². The average molecular weight is 248 g/mol. The van der Waals surface area contributed by atoms with Crippen LogP contribution >= 0.6 is 0 Å². The molecule has 0 spiro atoms. The van der Waals surface area contributed by atoms with E-state index in [4.69, 9.17) is 10.8 Å². The molecule has 0 radical (unpaired) electrons. The normalized spacial score (nSPS) is 12.6. The van der Waals surface area contributed by atoms with Gasteiger partial charge in [0, 0.05) is 6.04 Å². The van der Waals surface area contributed by atoms with E-state index in [0.29, 0.717) is 22.3 Å². The number of aliphatic hydroxyl groups excluding tert-OH is 1. The molecule has 0 bridgehead atoms. The minimum atomic E-state index is -0.215. The van der Waals surface area contributed by atoms with E-state index in [1.165, 1.54) is 6.33 Å². The minimum Gasteiger partial charge on any atom is -0.397 e. The summed E-state index contributed by atoms with van der Waals surface area (Å²) in [6, 6.07) is 3.25. The van der Waals surface area contributed by atoms with Gasteiger partial charge in [-0.25, -0.2) is 4.98 Å². The van der Waals surface area contributed by atoms with Crippen LogP contribution in [-0.2, 0) is 0 Å². The summed E-state index contributed by atoms with van der Waals surface area (Å²) in [6.07, 6.45) is 2.13. The first-order chi connectivity index (χ1) is 8.65. The summed E-state index contributed by atoms with van der Waals surface area (Å²) in [5.41, 5.74) is 7.39. The van der Waals surface area contributed by atoms with Gasteiger partial charge in [0.1, 0.15) is 0 Å². The molecule has 1 atom stereocenters. The highest BCUT2D eigenvalue weighted by Gasteiger charge is 2.09. The summed E-state index contributed by atoms with van der Waals surface area (Å²) in [6.45, 7) is 1.99. The fourth-order valence-electron chi connectivity index (χ4n) is 1.75. The Bertz CT molecular complexity index is 605. The van der Waals surface area contributed by atoms with Crippen LogP contribution in [0.5, 0.6) is 0 Å². The van der Waals surface area contributed by atoms with Crippen molar-refractivity contribution in [2.24, 2.45) is 0 Å². The summed E-state index contributed by atoms with van der Waals surface area (Å²) >= 11 is 0. The third-order valence-electron chi connectivity index (χ3n) is 2.88. The summed E-state index contributed by atoms with van der Waals surface area (Å²) in [7, 11) is 0. The van der Waals surface area contributed by atoms with Crippen LogP contribution < -0.4 is 16.6 Å². The van der Waals surface area contributed by atoms with Gasteiger partial charge in [-0.1, -0.05) is 6.92 Å². The Morgan fingerprint density at radius 1 is 1.56 bits per heavy atom. The second kappa shape index (κ2) is 5.05. The molecule has 0 aliphatic rings. The number of benzene rings is 1. The fraction of sp³-hybridized carbons (Fsp3) is 0.333. The highest BCUT2D eigenvalue weighted by molar-refractivity contribution is 5.88. The smallest absolute Gasteiger partial charge is 0.258 e. The number of nitrogen functional groups attached to an aromatic ring is 1. The quantitative estimate of drug-likeness (QED) is 0.596. The van der Waals surface area contributed by atoms with Crippen LogP contribution in [0.25, 0.3) is 10.9 Å². The van der Waals surface area contributed by atoms with Gasteiger partial charge in [0.2, 0.25) is 0 Å². The SMILES string of the molecule is CCC(CO)Nc1cc2nc[nH]c(=O)c2cc1N. The molecule has 96 valence electrons. The second-order valence-corrected chi connectivity index (χ2v) is 4.12. The van der Waals surface area contributed by atoms with Crippen molar-refractivity contribution in [3.8, 4) is 0 Å². The number of aromatic amines is 1. The van der Waals surface area contributed by atoms with Gasteiger partial charge in [0.15, 0.2) is 0 Å². The first kappa shape index (κ1) is 12.4. The number of rotatable bonds is 4. The number of hydrogen-bond acceptors (Lipinski definition) is 5. The highest BCUT2D eigenvalue weighted by Crippen LogP contribution is 2.23. The third-order valence-corrected chi connectivity index (χ3v) is 2.88. The van der Waals surface area contributed by atoms with E-state index in [1.54, 1.807) is 12.1 Å². The van der Waals surface area contributed by atoms with Crippen molar-refractivity contribution in [3.05, 3.63) is 28.8 Å². The van der Waals surface area contributed by atoms with Crippen molar-refractivity contribution >= 4 is 22.3 Å². The molecule has 0 aliphatic carbocycles. The standard InChI is InChI=1S/C12H16N4O2/c1-2-7(5-17)16-11-4-10-8(3-9(11)13)12(18)15-6-14-10/h3-4,6-7,16-17H,2,5,13H2,1H3,(H,14,15,18). The molecule has 1 heterocycles. The fourth-order valence-corrected chi connectivity index (χ4v) is 1.75. The minimum absolute atomic E-state index is 0.0246. The maximum absolute atomic E-state index is 11.6. The van der Waals surface area contributed by atoms with Gasteiger partial charge >= 0.3 is 0 Å². The lowest BCUT2D eigenvalue weighted by Crippen LogP contribution is -2.23. The maximum atomic E-state index is 11.6. The summed E-state index contributed by atoms with van der Waals surface area (Å²) in [5.74, 6) is 0. The van der Waals surface area contributed by atoms with Crippen LogP contribution in [0.4, 0.5) is 11.4 Å². The van der Waals surface area contributed by atoms with Crippen molar-refractivity contribution in [2.45, 2.75) is 19.4 Å². The van der Waals surface area contributed by atoms with E-state index in [2.05, 4.69) is 15.3 Å². The molecule has 0 fully saturated rings. The molecule has 0 saturated heterocycles. The van der Waals surface area contributed by atoms with Gasteiger partial charge in [0.25, 0.3) is 5.56 Å². The van der Waals surface area contributed by atoms with E-state index >= 15 is 0 Å². The maximum Gasteiger partial charge on any atom is 0.258 e. The number of nitrogens with zero attached hydrogens (tertiary/aromatic N) is 1. The van der Waals surface area contributed by atoms with Gasteiger partial charge in [-0.15, -0.1) is 0 Å². The van der Waals surface area contributed by atoms with Crippen LogP contribution in [-0.4, -0.2) is 27.7 Å². The number of nitrogens with two attached hydrogens (primary N) is 1. The predicted molar refractivity (Wildman–Crippen MR) is 71.6 cm³/mol. The third kappa shape index (κ3) is 2.28. The Labute approximate surface area is 104 Å². The number of fused-ring (bicyclic) bond motifs is 1. The molecule has 1 aromatic carbocycles. The van der Waals surface area contributed by atoms with Gasteiger partial charge in [-0.05, 0) is 18.6 Å². The van der Waals surface area contributed by atoms with Gasteiger partial charge in [-0.3, -0.25) is 4.79 Å². The molecule has 1 unspecified atom stereocenters. The second-order valence-electron chi connectivity index (χ2n) is 4.12. The topological polar surface area (TPSA) is 104 Å². The Morgan fingerprint density at radius 3 is 3.00 bits per heavy atom. The molecule has 2 rings (SSSR count). The molecule has 2 aromatic rings. The Hall–Kier alpha value is -2.08. The zero-order chi connectivity index (χ0) is 13.1. The molecule has 0 aliphatic heterocycles. The molecule has 6 nitrogen and oxygen atoms in total. The molecule has 18 heavy (non-hydrogen) atoms. The van der Waals surface area contributed by atoms with E-state index in [-0.39, 0.29) is 18.2 Å². The lowest BCUT2D eigenvalue weighted by Gasteiger charge is -2.17. The largest absolute Gasteiger partial charge is 0.397 e. The van der Waals surface area contributed by atoms with Crippen molar-refractivity contribution in [1.82, 2.24) is 9.97 Å². The number of H-pyrrole nitrogens is 1. The zero-order valence-corrected chi connectivity index (χ0v) is 10.1. The number of anilines is 2. The first-order valence-corrected chi connectivity index (χ1v) is 5.80. The zero-order valence-electron chi connectivity index (χ0n) is 10.1. The van der Waals surface area contributed by atoms with E-state index in [0.717, 1.165) is 6.42 Å². The van der Waals surface area contributed by atoms with Crippen molar-refractivity contribution in [3.63, 3.8) is 0 Å². The lowest BCUT2D eigenvalue weighted by atomic mass is 10.1. The Balaban J connectivity index is 2.46. The van der Waals surface area contributed by atoms with Crippen molar-refractivity contribution in [2.75, 3.05) is 17.7 Å². The van der Waals surface area contributed by atoms with Crippen LogP contribution in [0.2, 0.25) is 0 Å². The summed E-state index contributed by atoms with van der Waals surface area (Å²) < 4.78 is 0. The van der Waals surface area contributed by atoms with Gasteiger partial charge in [-0.2, -0.15) is 0 Å². The Morgan fingerprint density at radius 2 is 2.33 bits per heavy atom. The molecule has 5 N–H and O–H groups in total. The van der Waals surface area contributed by atoms with E-state index in [1.807, 2.05) is 6.92 Å². The number of nitrogens with one attached hydrogen (secondary N) is 2. The monoisotopic (exact) mass is 248 g/mol. The number of aliphatic hydroxyl groups is 1. The highest BCUT2D eigenvalue weighted by atomic mass is 16.3. The predicted octanol–water partition coefficient (Wildman–Crippen LogP) is 0.688. The van der Waals surface area contributed by atoms with Crippen molar-refractivity contribution < 1.29 is 5.11 Å². The summed E-state index contributed by atoms with van der Waals surface area (Å²) in [5, 5.41) is 12.7. The van der Waals surface area contributed by atoms with Gasteiger partial charge in [0.05, 0.1) is 35.2 Å². The van der Waals surface area contributed by atoms with Crippen LogP contribution in [0, 0.1) is 0 Å². The molecule has 6 heteroatoms. The molecule has 1 aromatic heterocycles. The molecular formula is C12H16N4O2. The average Bonchev–Trinajstić information content (AvgIpc) is 2.37. The van der Waals surface area contributed by atoms with E-state index < -0.39 is 0 Å². The number of aromatic nitrogens is 2. The molecule has 0 saturated carbocycles. The Kier molecular flexibility index (Phi) is 3.47. The molecule has 0 amide bonds. The van der Waals surface area contributed by atoms with E-state index in [9.17, 15) is 4.79 Å². The van der Waals surface area contributed by atoms with Crippen LogP contribution in [0.15, 0.2) is 23.3 Å². The van der Waals surface area contributed by atoms with Crippen molar-refractivity contribution in [1.29, 1.82) is 0 Å². The van der Waals surface area contributed by atoms with Crippen LogP contribution in [0.1, 0.15) is 13.3 Å². The first-order valence-electron chi connectivity index (χ1n) is 5.80. The summed E-state index contributed by atoms with van der Waals surface area (Å²) in [4.78, 5) is 18.2. The lowest BCUT2D eigenvalue weighted by molar-refractivity contribution is 0.272. The van der Waals surface area contributed by atoms with Crippen LogP contribution in [0.3, 0.4) is 0 Å².